The summed E-state index contributed by atoms with van der Waals surface area (Å²) in [5, 5.41) is 11.1. The fraction of sp³-hybridized carbons (Fsp3) is 0.160. The molecule has 2 heterocycles. The Morgan fingerprint density at radius 3 is 2.66 bits per heavy atom. The molecule has 1 aliphatic rings. The summed E-state index contributed by atoms with van der Waals surface area (Å²) in [5.74, 6) is -0.784. The molecule has 4 aromatic rings. The molecule has 1 aliphatic carbocycles. The van der Waals surface area contributed by atoms with Crippen LogP contribution < -0.4 is 0 Å². The van der Waals surface area contributed by atoms with Crippen LogP contribution in [0.5, 0.6) is 0 Å². The maximum Gasteiger partial charge on any atom is 0.352 e. The Kier molecular flexibility index (Phi) is 3.95. The van der Waals surface area contributed by atoms with Gasteiger partial charge in [0.05, 0.1) is 5.69 Å². The SMILES string of the molecule is CC(C)c1c(-c2cccc3[nH]ccc23)[nH]c(C(=O)O)c1-c1cccc2c1C=CC2. The third kappa shape index (κ3) is 2.64. The van der Waals surface area contributed by atoms with Gasteiger partial charge in [-0.25, -0.2) is 4.79 Å². The van der Waals surface area contributed by atoms with E-state index in [1.165, 1.54) is 5.56 Å². The first kappa shape index (κ1) is 17.6. The van der Waals surface area contributed by atoms with E-state index in [1.807, 2.05) is 36.5 Å². The van der Waals surface area contributed by atoms with E-state index in [9.17, 15) is 9.90 Å². The number of carbonyl (C=O) groups is 1. The van der Waals surface area contributed by atoms with E-state index >= 15 is 0 Å². The molecule has 144 valence electrons. The normalized spacial score (nSPS) is 12.8. The number of fused-ring (bicyclic) bond motifs is 2. The van der Waals surface area contributed by atoms with Crippen LogP contribution in [0.25, 0.3) is 39.4 Å². The van der Waals surface area contributed by atoms with E-state index in [2.05, 4.69) is 48.1 Å². The predicted octanol–water partition coefficient (Wildman–Crippen LogP) is 6.22. The standard InChI is InChI=1S/C25H22N2O2/c1-14(2)21-22(18-9-4-7-15-6-3-8-16(15)18)24(25(28)29)27-23(21)19-10-5-11-20-17(19)12-13-26-20/h3-5,7-14,26-27H,6H2,1-2H3,(H,28,29). The predicted molar refractivity (Wildman–Crippen MR) is 117 cm³/mol. The van der Waals surface area contributed by atoms with Crippen LogP contribution in [-0.2, 0) is 6.42 Å². The van der Waals surface area contributed by atoms with Crippen molar-refractivity contribution in [2.45, 2.75) is 26.2 Å². The zero-order chi connectivity index (χ0) is 20.1. The lowest BCUT2D eigenvalue weighted by Gasteiger charge is -2.15. The van der Waals surface area contributed by atoms with Gasteiger partial charge in [0.15, 0.2) is 0 Å². The van der Waals surface area contributed by atoms with Gasteiger partial charge in [-0.05, 0) is 46.7 Å². The molecule has 0 bridgehead atoms. The van der Waals surface area contributed by atoms with Gasteiger partial charge in [0.2, 0.25) is 0 Å². The highest BCUT2D eigenvalue weighted by Gasteiger charge is 2.28. The maximum absolute atomic E-state index is 12.3. The number of hydrogen-bond donors (Lipinski definition) is 3. The molecule has 2 aromatic carbocycles. The van der Waals surface area contributed by atoms with Crippen LogP contribution in [0.3, 0.4) is 0 Å². The molecule has 0 saturated heterocycles. The zero-order valence-electron chi connectivity index (χ0n) is 16.4. The number of benzene rings is 2. The average Bonchev–Trinajstić information content (AvgIpc) is 3.43. The summed E-state index contributed by atoms with van der Waals surface area (Å²) in [6, 6.07) is 14.3. The Morgan fingerprint density at radius 1 is 1.07 bits per heavy atom. The molecule has 0 atom stereocenters. The lowest BCUT2D eigenvalue weighted by molar-refractivity contribution is 0.0692. The van der Waals surface area contributed by atoms with Gasteiger partial charge in [0, 0.05) is 28.2 Å². The molecule has 4 heteroatoms. The molecule has 0 fully saturated rings. The minimum absolute atomic E-state index is 0.153. The number of carboxylic acid groups (broad SMARTS) is 1. The summed E-state index contributed by atoms with van der Waals surface area (Å²) in [6.07, 6.45) is 7.06. The second-order valence-electron chi connectivity index (χ2n) is 7.85. The van der Waals surface area contributed by atoms with E-state index in [0.29, 0.717) is 0 Å². The largest absolute Gasteiger partial charge is 0.477 e. The second kappa shape index (κ2) is 6.52. The molecular formula is C25H22N2O2. The topological polar surface area (TPSA) is 68.9 Å². The number of carboxylic acids is 1. The molecule has 0 aliphatic heterocycles. The molecule has 4 nitrogen and oxygen atoms in total. The fourth-order valence-corrected chi connectivity index (χ4v) is 4.56. The molecular weight excluding hydrogens is 360 g/mol. The van der Waals surface area contributed by atoms with Crippen LogP contribution in [0.2, 0.25) is 0 Å². The lowest BCUT2D eigenvalue weighted by Crippen LogP contribution is -2.01. The first-order valence-corrected chi connectivity index (χ1v) is 9.90. The number of rotatable bonds is 4. The maximum atomic E-state index is 12.3. The Balaban J connectivity index is 1.87. The number of aromatic nitrogens is 2. The minimum Gasteiger partial charge on any atom is -0.477 e. The number of aromatic amines is 2. The van der Waals surface area contributed by atoms with Gasteiger partial charge in [-0.2, -0.15) is 0 Å². The van der Waals surface area contributed by atoms with Gasteiger partial charge < -0.3 is 15.1 Å². The zero-order valence-corrected chi connectivity index (χ0v) is 16.4. The van der Waals surface area contributed by atoms with Gasteiger partial charge in [-0.1, -0.05) is 56.3 Å². The number of hydrogen-bond acceptors (Lipinski definition) is 1. The number of H-pyrrole nitrogens is 2. The second-order valence-corrected chi connectivity index (χ2v) is 7.85. The summed E-state index contributed by atoms with van der Waals surface area (Å²) in [6.45, 7) is 4.25. The van der Waals surface area contributed by atoms with Crippen molar-refractivity contribution >= 4 is 22.9 Å². The Bertz CT molecular complexity index is 1290. The van der Waals surface area contributed by atoms with Crippen LogP contribution in [0.4, 0.5) is 0 Å². The van der Waals surface area contributed by atoms with Gasteiger partial charge in [-0.15, -0.1) is 0 Å². The van der Waals surface area contributed by atoms with E-state index < -0.39 is 5.97 Å². The van der Waals surface area contributed by atoms with Crippen molar-refractivity contribution in [2.75, 3.05) is 0 Å². The van der Waals surface area contributed by atoms with Crippen molar-refractivity contribution in [1.82, 2.24) is 9.97 Å². The highest BCUT2D eigenvalue weighted by atomic mass is 16.4. The van der Waals surface area contributed by atoms with Crippen LogP contribution in [0, 0.1) is 0 Å². The molecule has 3 N–H and O–H groups in total. The van der Waals surface area contributed by atoms with E-state index in [-0.39, 0.29) is 11.6 Å². The van der Waals surface area contributed by atoms with Crippen LogP contribution >= 0.6 is 0 Å². The minimum atomic E-state index is -0.936. The average molecular weight is 382 g/mol. The van der Waals surface area contributed by atoms with Crippen molar-refractivity contribution in [1.29, 1.82) is 0 Å². The fourth-order valence-electron chi connectivity index (χ4n) is 4.56. The van der Waals surface area contributed by atoms with Crippen LogP contribution in [-0.4, -0.2) is 21.0 Å². The highest BCUT2D eigenvalue weighted by Crippen LogP contribution is 2.44. The Morgan fingerprint density at radius 2 is 1.86 bits per heavy atom. The smallest absolute Gasteiger partial charge is 0.352 e. The molecule has 2 aromatic heterocycles. The van der Waals surface area contributed by atoms with Gasteiger partial charge >= 0.3 is 5.97 Å². The number of aromatic carboxylic acids is 1. The van der Waals surface area contributed by atoms with Gasteiger partial charge in [-0.3, -0.25) is 0 Å². The molecule has 0 amide bonds. The van der Waals surface area contributed by atoms with E-state index in [4.69, 9.17) is 0 Å². The van der Waals surface area contributed by atoms with Crippen molar-refractivity contribution < 1.29 is 9.90 Å². The Labute approximate surface area is 168 Å². The van der Waals surface area contributed by atoms with Crippen molar-refractivity contribution in [3.05, 3.63) is 77.1 Å². The molecule has 0 radical (unpaired) electrons. The summed E-state index contributed by atoms with van der Waals surface area (Å²) >= 11 is 0. The van der Waals surface area contributed by atoms with E-state index in [1.54, 1.807) is 0 Å². The number of nitrogens with one attached hydrogen (secondary N) is 2. The van der Waals surface area contributed by atoms with Gasteiger partial charge in [0.1, 0.15) is 5.69 Å². The highest BCUT2D eigenvalue weighted by molar-refractivity contribution is 6.03. The van der Waals surface area contributed by atoms with Crippen molar-refractivity contribution in [2.24, 2.45) is 0 Å². The molecule has 0 unspecified atom stereocenters. The lowest BCUT2D eigenvalue weighted by atomic mass is 9.87. The summed E-state index contributed by atoms with van der Waals surface area (Å²) in [4.78, 5) is 18.8. The first-order valence-electron chi connectivity index (χ1n) is 9.90. The van der Waals surface area contributed by atoms with Gasteiger partial charge in [0.25, 0.3) is 0 Å². The third-order valence-corrected chi connectivity index (χ3v) is 5.78. The van der Waals surface area contributed by atoms with Crippen LogP contribution in [0.1, 0.15) is 46.9 Å². The third-order valence-electron chi connectivity index (χ3n) is 5.78. The quantitative estimate of drug-likeness (QED) is 0.392. The van der Waals surface area contributed by atoms with Crippen molar-refractivity contribution in [3.63, 3.8) is 0 Å². The van der Waals surface area contributed by atoms with E-state index in [0.717, 1.165) is 50.8 Å². The molecule has 0 saturated carbocycles. The summed E-state index contributed by atoms with van der Waals surface area (Å²) in [7, 11) is 0. The first-order chi connectivity index (χ1) is 14.1. The Hall–Kier alpha value is -3.53. The summed E-state index contributed by atoms with van der Waals surface area (Å²) < 4.78 is 0. The van der Waals surface area contributed by atoms with Crippen LogP contribution in [0.15, 0.2) is 54.7 Å². The van der Waals surface area contributed by atoms with Crippen molar-refractivity contribution in [3.8, 4) is 22.4 Å². The molecule has 0 spiro atoms. The number of allylic oxidation sites excluding steroid dienone is 1. The molecule has 5 rings (SSSR count). The summed E-state index contributed by atoms with van der Waals surface area (Å²) in [5.41, 5.74) is 8.40. The monoisotopic (exact) mass is 382 g/mol. The molecule has 29 heavy (non-hydrogen) atoms.